The van der Waals surface area contributed by atoms with Crippen molar-refractivity contribution in [3.8, 4) is 0 Å². The van der Waals surface area contributed by atoms with Crippen LogP contribution in [0.5, 0.6) is 0 Å². The predicted molar refractivity (Wildman–Crippen MR) is 90.2 cm³/mol. The van der Waals surface area contributed by atoms with Crippen molar-refractivity contribution in [1.82, 2.24) is 19.6 Å². The van der Waals surface area contributed by atoms with Gasteiger partial charge in [0.2, 0.25) is 0 Å². The first-order valence-electron chi connectivity index (χ1n) is 7.69. The number of aromatic nitrogens is 4. The van der Waals surface area contributed by atoms with E-state index in [-0.39, 0.29) is 11.7 Å². The van der Waals surface area contributed by atoms with Crippen LogP contribution in [0.2, 0.25) is 0 Å². The normalized spacial score (nSPS) is 12.0. The number of hydrogen-bond acceptors (Lipinski definition) is 6. The fourth-order valence-corrected chi connectivity index (χ4v) is 2.31. The van der Waals surface area contributed by atoms with Gasteiger partial charge in [-0.3, -0.25) is 4.79 Å². The highest BCUT2D eigenvalue weighted by Gasteiger charge is 2.25. The van der Waals surface area contributed by atoms with Crippen LogP contribution in [0.4, 0.5) is 5.69 Å². The summed E-state index contributed by atoms with van der Waals surface area (Å²) in [6, 6.07) is 10.8. The molecule has 0 saturated carbocycles. The average molecular weight is 339 g/mol. The van der Waals surface area contributed by atoms with Gasteiger partial charge in [0.15, 0.2) is 6.10 Å². The first kappa shape index (κ1) is 16.6. The Morgan fingerprint density at radius 1 is 1.20 bits per heavy atom. The summed E-state index contributed by atoms with van der Waals surface area (Å²) in [4.78, 5) is 34.2. The Morgan fingerprint density at radius 3 is 2.60 bits per heavy atom. The van der Waals surface area contributed by atoms with E-state index in [4.69, 9.17) is 4.74 Å². The van der Waals surface area contributed by atoms with Gasteiger partial charge in [0.25, 0.3) is 17.5 Å². The maximum atomic E-state index is 12.4. The summed E-state index contributed by atoms with van der Waals surface area (Å²) in [5.41, 5.74) is 1.49. The summed E-state index contributed by atoms with van der Waals surface area (Å²) in [5.74, 6) is -0.957. The van der Waals surface area contributed by atoms with Gasteiger partial charge in [0, 0.05) is 24.6 Å². The number of esters is 1. The molecule has 0 unspecified atom stereocenters. The highest BCUT2D eigenvalue weighted by molar-refractivity contribution is 5.98. The number of rotatable bonds is 4. The molecule has 1 aromatic carbocycles. The lowest BCUT2D eigenvalue weighted by atomic mass is 10.2. The minimum Gasteiger partial charge on any atom is -0.447 e. The highest BCUT2D eigenvalue weighted by Crippen LogP contribution is 2.13. The predicted octanol–water partition coefficient (Wildman–Crippen LogP) is 1.64. The standard InChI is InChI=1S/C17H17N5O3/c1-11-9-10-18-17-19-14(20-22(11)17)16(24)25-12(2)15(23)21(3)13-7-5-4-6-8-13/h4-10,12H,1-3H3/t12-/m0/s1. The number of benzene rings is 1. The Bertz CT molecular complexity index is 922. The van der Waals surface area contributed by atoms with Gasteiger partial charge in [-0.2, -0.15) is 4.98 Å². The summed E-state index contributed by atoms with van der Waals surface area (Å²) in [5, 5.41) is 4.07. The van der Waals surface area contributed by atoms with Crippen LogP contribution >= 0.6 is 0 Å². The maximum absolute atomic E-state index is 12.4. The van der Waals surface area contributed by atoms with Crippen LogP contribution in [0.15, 0.2) is 42.6 Å². The molecule has 0 aliphatic heterocycles. The smallest absolute Gasteiger partial charge is 0.379 e. The number of fused-ring (bicyclic) bond motifs is 1. The Labute approximate surface area is 144 Å². The zero-order chi connectivity index (χ0) is 18.0. The molecule has 0 saturated heterocycles. The lowest BCUT2D eigenvalue weighted by molar-refractivity contribution is -0.126. The molecule has 1 atom stereocenters. The molecule has 0 bridgehead atoms. The minimum atomic E-state index is -0.974. The molecule has 2 heterocycles. The van der Waals surface area contributed by atoms with E-state index in [0.717, 1.165) is 5.69 Å². The summed E-state index contributed by atoms with van der Waals surface area (Å²) in [6.07, 6.45) is 0.605. The van der Waals surface area contributed by atoms with Crippen molar-refractivity contribution < 1.29 is 14.3 Å². The van der Waals surface area contributed by atoms with E-state index < -0.39 is 12.1 Å². The largest absolute Gasteiger partial charge is 0.447 e. The van der Waals surface area contributed by atoms with Crippen LogP contribution in [-0.2, 0) is 9.53 Å². The van der Waals surface area contributed by atoms with Crippen molar-refractivity contribution in [3.63, 3.8) is 0 Å². The number of anilines is 1. The maximum Gasteiger partial charge on any atom is 0.379 e. The summed E-state index contributed by atoms with van der Waals surface area (Å²) in [7, 11) is 1.62. The Kier molecular flexibility index (Phi) is 4.42. The van der Waals surface area contributed by atoms with Gasteiger partial charge in [-0.15, -0.1) is 5.10 Å². The van der Waals surface area contributed by atoms with Gasteiger partial charge in [-0.25, -0.2) is 14.3 Å². The number of likely N-dealkylation sites (N-methyl/N-ethyl adjacent to an activating group) is 1. The van der Waals surface area contributed by atoms with Gasteiger partial charge in [-0.1, -0.05) is 18.2 Å². The molecule has 1 amide bonds. The molecular formula is C17H17N5O3. The molecule has 128 valence electrons. The zero-order valence-corrected chi connectivity index (χ0v) is 14.1. The number of hydrogen-bond donors (Lipinski definition) is 0. The lowest BCUT2D eigenvalue weighted by Crippen LogP contribution is -2.37. The van der Waals surface area contributed by atoms with Gasteiger partial charge in [0.05, 0.1) is 0 Å². The van der Waals surface area contributed by atoms with Crippen molar-refractivity contribution >= 4 is 23.3 Å². The van der Waals surface area contributed by atoms with Gasteiger partial charge in [-0.05, 0) is 32.0 Å². The molecule has 25 heavy (non-hydrogen) atoms. The van der Waals surface area contributed by atoms with Crippen LogP contribution in [0.25, 0.3) is 5.78 Å². The van der Waals surface area contributed by atoms with E-state index in [1.807, 2.05) is 25.1 Å². The van der Waals surface area contributed by atoms with Crippen LogP contribution in [0.3, 0.4) is 0 Å². The first-order chi connectivity index (χ1) is 12.0. The molecule has 8 heteroatoms. The second-order valence-electron chi connectivity index (χ2n) is 5.51. The zero-order valence-electron chi connectivity index (χ0n) is 14.1. The molecule has 0 spiro atoms. The van der Waals surface area contributed by atoms with Crippen LogP contribution < -0.4 is 4.90 Å². The van der Waals surface area contributed by atoms with Gasteiger partial charge in [0.1, 0.15) is 0 Å². The fourth-order valence-electron chi connectivity index (χ4n) is 2.31. The molecule has 0 N–H and O–H groups in total. The molecule has 3 rings (SSSR count). The number of para-hydroxylation sites is 1. The molecule has 0 aliphatic carbocycles. The number of amides is 1. The third kappa shape index (κ3) is 3.32. The lowest BCUT2D eigenvalue weighted by Gasteiger charge is -2.21. The van der Waals surface area contributed by atoms with E-state index in [2.05, 4.69) is 15.1 Å². The van der Waals surface area contributed by atoms with Crippen molar-refractivity contribution in [3.05, 3.63) is 54.1 Å². The number of ether oxygens (including phenoxy) is 1. The summed E-state index contributed by atoms with van der Waals surface area (Å²) in [6.45, 7) is 3.33. The Hall–Kier alpha value is -3.29. The SMILES string of the molecule is Cc1ccnc2nc(C(=O)O[C@@H](C)C(=O)N(C)c3ccccc3)nn12. The molecule has 0 radical (unpaired) electrons. The number of carbonyl (C=O) groups excluding carboxylic acids is 2. The van der Waals surface area contributed by atoms with Crippen LogP contribution in [0, 0.1) is 6.92 Å². The third-order valence-corrected chi connectivity index (χ3v) is 3.72. The fraction of sp³-hybridized carbons (Fsp3) is 0.235. The number of nitrogens with zero attached hydrogens (tertiary/aromatic N) is 5. The second-order valence-corrected chi connectivity index (χ2v) is 5.51. The first-order valence-corrected chi connectivity index (χ1v) is 7.69. The van der Waals surface area contributed by atoms with Crippen molar-refractivity contribution in [2.75, 3.05) is 11.9 Å². The molecule has 3 aromatic rings. The highest BCUT2D eigenvalue weighted by atomic mass is 16.5. The van der Waals surface area contributed by atoms with E-state index in [0.29, 0.717) is 11.5 Å². The van der Waals surface area contributed by atoms with E-state index in [1.54, 1.807) is 31.4 Å². The Morgan fingerprint density at radius 2 is 1.92 bits per heavy atom. The van der Waals surface area contributed by atoms with E-state index >= 15 is 0 Å². The molecular weight excluding hydrogens is 322 g/mol. The second kappa shape index (κ2) is 6.68. The average Bonchev–Trinajstić information content (AvgIpc) is 3.07. The number of aryl methyl sites for hydroxylation is 1. The third-order valence-electron chi connectivity index (χ3n) is 3.72. The van der Waals surface area contributed by atoms with Crippen molar-refractivity contribution in [2.24, 2.45) is 0 Å². The van der Waals surface area contributed by atoms with Crippen LogP contribution in [0.1, 0.15) is 23.2 Å². The molecule has 8 nitrogen and oxygen atoms in total. The Balaban J connectivity index is 1.73. The monoisotopic (exact) mass is 339 g/mol. The van der Waals surface area contributed by atoms with E-state index in [1.165, 1.54) is 16.3 Å². The minimum absolute atomic E-state index is 0.135. The van der Waals surface area contributed by atoms with Gasteiger partial charge >= 0.3 is 5.97 Å². The van der Waals surface area contributed by atoms with Crippen LogP contribution in [-0.4, -0.2) is 44.6 Å². The van der Waals surface area contributed by atoms with Crippen molar-refractivity contribution in [2.45, 2.75) is 20.0 Å². The summed E-state index contributed by atoms with van der Waals surface area (Å²) < 4.78 is 6.66. The molecule has 2 aromatic heterocycles. The van der Waals surface area contributed by atoms with E-state index in [9.17, 15) is 9.59 Å². The van der Waals surface area contributed by atoms with Crippen molar-refractivity contribution in [1.29, 1.82) is 0 Å². The molecule has 0 aliphatic rings. The molecule has 0 fully saturated rings. The number of carbonyl (C=O) groups is 2. The topological polar surface area (TPSA) is 89.7 Å². The van der Waals surface area contributed by atoms with Gasteiger partial charge < -0.3 is 9.64 Å². The summed E-state index contributed by atoms with van der Waals surface area (Å²) >= 11 is 0. The quantitative estimate of drug-likeness (QED) is 0.671.